The molecular formula is C24H32ClN3O2S. The number of thiazole rings is 1. The Morgan fingerprint density at radius 2 is 1.74 bits per heavy atom. The molecule has 168 valence electrons. The van der Waals surface area contributed by atoms with Crippen LogP contribution in [0.3, 0.4) is 0 Å². The number of halogens is 1. The lowest BCUT2D eigenvalue weighted by atomic mass is 10.0. The number of methoxy groups -OCH3 is 1. The highest BCUT2D eigenvalue weighted by Gasteiger charge is 2.24. The molecule has 3 rings (SSSR count). The molecule has 0 N–H and O–H groups in total. The second-order valence-corrected chi connectivity index (χ2v) is 8.54. The molecule has 2 aromatic carbocycles. The maximum atomic E-state index is 13.6. The Labute approximate surface area is 195 Å². The van der Waals surface area contributed by atoms with Gasteiger partial charge < -0.3 is 9.64 Å². The predicted molar refractivity (Wildman–Crippen MR) is 134 cm³/mol. The number of rotatable bonds is 8. The van der Waals surface area contributed by atoms with Gasteiger partial charge in [0.15, 0.2) is 5.13 Å². The highest BCUT2D eigenvalue weighted by molar-refractivity contribution is 7.22. The number of carbonyl (C=O) groups excluding carboxylic acids is 1. The third-order valence-electron chi connectivity index (χ3n) is 5.53. The second kappa shape index (κ2) is 10.9. The molecule has 0 unspecified atom stereocenters. The van der Waals surface area contributed by atoms with Crippen LogP contribution < -0.4 is 9.64 Å². The third kappa shape index (κ3) is 5.37. The van der Waals surface area contributed by atoms with Crippen molar-refractivity contribution in [3.8, 4) is 5.75 Å². The summed E-state index contributed by atoms with van der Waals surface area (Å²) in [5, 5.41) is 0.717. The molecule has 0 fully saturated rings. The van der Waals surface area contributed by atoms with Gasteiger partial charge in [-0.05, 0) is 57.1 Å². The van der Waals surface area contributed by atoms with Crippen LogP contribution >= 0.6 is 23.7 Å². The molecule has 7 heteroatoms. The van der Waals surface area contributed by atoms with Crippen molar-refractivity contribution in [2.75, 3.05) is 38.2 Å². The number of benzene rings is 2. The van der Waals surface area contributed by atoms with Crippen LogP contribution in [-0.2, 0) is 0 Å². The van der Waals surface area contributed by atoms with E-state index in [4.69, 9.17) is 9.72 Å². The first-order chi connectivity index (χ1) is 14.4. The van der Waals surface area contributed by atoms with E-state index in [1.54, 1.807) is 18.4 Å². The van der Waals surface area contributed by atoms with Gasteiger partial charge in [0.05, 0.1) is 11.8 Å². The van der Waals surface area contributed by atoms with Gasteiger partial charge >= 0.3 is 0 Å². The minimum absolute atomic E-state index is 0. The molecule has 0 bridgehead atoms. The SMILES string of the molecule is CCN(CC)CCN(C(=O)c1ccc(C)cc1C)c1nc2c(OC)ccc(C)c2s1.Cl. The van der Waals surface area contributed by atoms with E-state index in [-0.39, 0.29) is 18.3 Å². The molecule has 0 saturated heterocycles. The average molecular weight is 462 g/mol. The Bertz CT molecular complexity index is 1050. The van der Waals surface area contributed by atoms with Crippen molar-refractivity contribution >= 4 is 45.0 Å². The molecule has 1 aromatic heterocycles. The number of aryl methyl sites for hydroxylation is 3. The summed E-state index contributed by atoms with van der Waals surface area (Å²) < 4.78 is 6.58. The zero-order valence-corrected chi connectivity index (χ0v) is 20.8. The van der Waals surface area contributed by atoms with Crippen molar-refractivity contribution in [3.63, 3.8) is 0 Å². The van der Waals surface area contributed by atoms with E-state index in [0.717, 1.165) is 63.0 Å². The molecule has 5 nitrogen and oxygen atoms in total. The summed E-state index contributed by atoms with van der Waals surface area (Å²) in [5.41, 5.74) is 4.82. The number of likely N-dealkylation sites (N-methyl/N-ethyl adjacent to an activating group) is 1. The van der Waals surface area contributed by atoms with Crippen LogP contribution in [0.1, 0.15) is 40.9 Å². The fourth-order valence-electron chi connectivity index (χ4n) is 3.64. The second-order valence-electron chi connectivity index (χ2n) is 7.56. The third-order valence-corrected chi connectivity index (χ3v) is 6.75. The smallest absolute Gasteiger partial charge is 0.260 e. The van der Waals surface area contributed by atoms with E-state index < -0.39 is 0 Å². The molecule has 0 radical (unpaired) electrons. The number of fused-ring (bicyclic) bond motifs is 1. The highest BCUT2D eigenvalue weighted by atomic mass is 35.5. The summed E-state index contributed by atoms with van der Waals surface area (Å²) in [6.07, 6.45) is 0. The minimum atomic E-state index is -0.00432. The Morgan fingerprint density at radius 3 is 2.35 bits per heavy atom. The van der Waals surface area contributed by atoms with Crippen LogP contribution in [0.5, 0.6) is 5.75 Å². The lowest BCUT2D eigenvalue weighted by molar-refractivity contribution is 0.0983. The van der Waals surface area contributed by atoms with Gasteiger partial charge in [-0.1, -0.05) is 48.9 Å². The molecule has 3 aromatic rings. The van der Waals surface area contributed by atoms with E-state index in [1.807, 2.05) is 43.0 Å². The predicted octanol–water partition coefficient (Wildman–Crippen LogP) is 5.64. The molecule has 1 amide bonds. The van der Waals surface area contributed by atoms with Crippen molar-refractivity contribution < 1.29 is 9.53 Å². The quantitative estimate of drug-likeness (QED) is 0.435. The number of hydrogen-bond donors (Lipinski definition) is 0. The maximum absolute atomic E-state index is 13.6. The molecule has 31 heavy (non-hydrogen) atoms. The van der Waals surface area contributed by atoms with Crippen molar-refractivity contribution in [1.82, 2.24) is 9.88 Å². The van der Waals surface area contributed by atoms with Crippen LogP contribution in [-0.4, -0.2) is 49.1 Å². The lowest BCUT2D eigenvalue weighted by Crippen LogP contribution is -2.39. The van der Waals surface area contributed by atoms with Crippen LogP contribution in [0.15, 0.2) is 30.3 Å². The van der Waals surface area contributed by atoms with Gasteiger partial charge in [0.2, 0.25) is 0 Å². The molecule has 0 saturated carbocycles. The van der Waals surface area contributed by atoms with Gasteiger partial charge in [0.1, 0.15) is 11.3 Å². The Morgan fingerprint density at radius 1 is 1.03 bits per heavy atom. The zero-order chi connectivity index (χ0) is 21.8. The van der Waals surface area contributed by atoms with Gasteiger partial charge in [-0.2, -0.15) is 0 Å². The molecule has 0 aliphatic heterocycles. The highest BCUT2D eigenvalue weighted by Crippen LogP contribution is 2.37. The molecule has 0 atom stereocenters. The summed E-state index contributed by atoms with van der Waals surface area (Å²) in [6, 6.07) is 9.95. The first-order valence-corrected chi connectivity index (χ1v) is 11.3. The van der Waals surface area contributed by atoms with Gasteiger partial charge in [0.25, 0.3) is 5.91 Å². The van der Waals surface area contributed by atoms with E-state index in [0.29, 0.717) is 6.54 Å². The van der Waals surface area contributed by atoms with Crippen molar-refractivity contribution in [2.24, 2.45) is 0 Å². The van der Waals surface area contributed by atoms with Gasteiger partial charge in [-0.15, -0.1) is 12.4 Å². The first kappa shape index (κ1) is 25.1. The molecule has 0 aliphatic carbocycles. The Balaban J connectivity index is 0.00000341. The van der Waals surface area contributed by atoms with Gasteiger partial charge in [0, 0.05) is 18.7 Å². The zero-order valence-electron chi connectivity index (χ0n) is 19.2. The van der Waals surface area contributed by atoms with Crippen LogP contribution in [0.25, 0.3) is 10.2 Å². The number of hydrogen-bond acceptors (Lipinski definition) is 5. The number of ether oxygens (including phenoxy) is 1. The normalized spacial score (nSPS) is 10.9. The van der Waals surface area contributed by atoms with E-state index in [9.17, 15) is 4.79 Å². The first-order valence-electron chi connectivity index (χ1n) is 10.4. The topological polar surface area (TPSA) is 45.7 Å². The summed E-state index contributed by atoms with van der Waals surface area (Å²) >= 11 is 1.56. The van der Waals surface area contributed by atoms with Gasteiger partial charge in [-0.3, -0.25) is 9.69 Å². The van der Waals surface area contributed by atoms with Crippen molar-refractivity contribution in [3.05, 3.63) is 52.6 Å². The molecule has 0 spiro atoms. The van der Waals surface area contributed by atoms with Crippen molar-refractivity contribution in [1.29, 1.82) is 0 Å². The molecular weight excluding hydrogens is 430 g/mol. The average Bonchev–Trinajstić information content (AvgIpc) is 3.17. The van der Waals surface area contributed by atoms with Crippen molar-refractivity contribution in [2.45, 2.75) is 34.6 Å². The minimum Gasteiger partial charge on any atom is -0.494 e. The Hall–Kier alpha value is -2.15. The number of nitrogens with zero attached hydrogens (tertiary/aromatic N) is 3. The monoisotopic (exact) mass is 461 g/mol. The summed E-state index contributed by atoms with van der Waals surface area (Å²) in [5.74, 6) is 0.732. The molecule has 0 aliphatic rings. The standard InChI is InChI=1S/C24H31N3O2S.ClH/c1-7-26(8-2)13-14-27(23(28)19-11-9-16(3)15-18(19)5)24-25-21-20(29-6)12-10-17(4)22(21)30-24;/h9-12,15H,7-8,13-14H2,1-6H3;1H. The number of aromatic nitrogens is 1. The largest absolute Gasteiger partial charge is 0.494 e. The summed E-state index contributed by atoms with van der Waals surface area (Å²) in [7, 11) is 1.65. The maximum Gasteiger partial charge on any atom is 0.260 e. The van der Waals surface area contributed by atoms with Crippen LogP contribution in [0.4, 0.5) is 5.13 Å². The number of anilines is 1. The van der Waals surface area contributed by atoms with E-state index in [2.05, 4.69) is 31.7 Å². The molecule has 1 heterocycles. The van der Waals surface area contributed by atoms with Crippen LogP contribution in [0, 0.1) is 20.8 Å². The summed E-state index contributed by atoms with van der Waals surface area (Å²) in [6.45, 7) is 13.7. The fraction of sp³-hybridized carbons (Fsp3) is 0.417. The van der Waals surface area contributed by atoms with E-state index in [1.165, 1.54) is 0 Å². The Kier molecular flexibility index (Phi) is 8.86. The lowest BCUT2D eigenvalue weighted by Gasteiger charge is -2.25. The number of amides is 1. The van der Waals surface area contributed by atoms with Crippen LogP contribution in [0.2, 0.25) is 0 Å². The number of carbonyl (C=O) groups is 1. The summed E-state index contributed by atoms with van der Waals surface area (Å²) in [4.78, 5) is 22.6. The fourth-order valence-corrected chi connectivity index (χ4v) is 4.72. The van der Waals surface area contributed by atoms with E-state index >= 15 is 0 Å². The van der Waals surface area contributed by atoms with Gasteiger partial charge in [-0.25, -0.2) is 4.98 Å².